The molecular weight excluding hydrogens is 112 g/mol. The Kier molecular flexibility index (Phi) is 2.45. The highest BCUT2D eigenvalue weighted by Gasteiger charge is 2.00. The van der Waals surface area contributed by atoms with Crippen LogP contribution >= 0.6 is 0 Å². The molecule has 0 atom stereocenters. The molecule has 0 unspecified atom stereocenters. The Bertz CT molecular complexity index is 85.9. The Morgan fingerprint density at radius 3 is 2.43 bits per heavy atom. The molecule has 0 fully saturated rings. The molecule has 0 amide bonds. The van der Waals surface area contributed by atoms with Crippen molar-refractivity contribution in [2.45, 2.75) is 0 Å². The fourth-order valence-corrected chi connectivity index (χ4v) is 0.345. The molecule has 1 aliphatic heterocycles. The first-order chi connectivity index (χ1) is 2.89. The van der Waals surface area contributed by atoms with Crippen LogP contribution in [-0.2, 0) is 0 Å². The maximum atomic E-state index is 3.83. The summed E-state index contributed by atoms with van der Waals surface area (Å²) in [4.78, 5) is 0. The molecule has 0 spiro atoms. The summed E-state index contributed by atoms with van der Waals surface area (Å²) < 4.78 is 0. The largest absolute Gasteiger partial charge is 1.00 e. The Hall–Kier alpha value is -0.500. The molecule has 1 radical (unpaired) electrons. The average Bonchev–Trinajstić information content (AvgIpc) is 1.86. The van der Waals surface area contributed by atoms with Gasteiger partial charge in [0.15, 0.2) is 5.10 Å². The molecule has 1 aliphatic rings. The van der Waals surface area contributed by atoms with Gasteiger partial charge in [-0.2, -0.15) is 0 Å². The van der Waals surface area contributed by atoms with Crippen LogP contribution in [0.3, 0.4) is 0 Å². The van der Waals surface area contributed by atoms with Crippen molar-refractivity contribution >= 4 is 6.21 Å². The molecule has 1 rings (SSSR count). The van der Waals surface area contributed by atoms with Gasteiger partial charge in [-0.05, 0) is 0 Å². The van der Waals surface area contributed by atoms with Crippen molar-refractivity contribution < 1.29 is 12.4 Å². The van der Waals surface area contributed by atoms with Crippen LogP contribution in [0.15, 0.2) is 12.3 Å². The van der Waals surface area contributed by atoms with Gasteiger partial charge in [-0.3, -0.25) is 0 Å². The predicted octanol–water partition coefficient (Wildman–Crippen LogP) is -3.23. The van der Waals surface area contributed by atoms with E-state index in [1.807, 2.05) is 19.3 Å². The van der Waals surface area contributed by atoms with Gasteiger partial charge in [-0.15, -0.1) is 0 Å². The van der Waals surface area contributed by atoms with E-state index in [0.717, 1.165) is 0 Å². The molecule has 0 bridgehead atoms. The zero-order chi connectivity index (χ0) is 4.41. The van der Waals surface area contributed by atoms with E-state index < -0.39 is 0 Å². The molecule has 3 heteroatoms. The number of nitrogens with zero attached hydrogens (tertiary/aromatic N) is 2. The van der Waals surface area contributed by atoms with E-state index in [1.165, 1.54) is 0 Å². The average molecular weight is 118 g/mol. The third kappa shape index (κ3) is 1.59. The number of allylic oxidation sites excluding steroid dienone is 1. The van der Waals surface area contributed by atoms with E-state index in [9.17, 15) is 0 Å². The highest BCUT2D eigenvalue weighted by Crippen LogP contribution is 1.78. The molecule has 39 valence electrons. The standard InChI is InChI=1S/C4H6N2.ClH/c1-6-4-2-3-5-6;/h2-4H,1H3;1H/q+1;/p-1. The van der Waals surface area contributed by atoms with Gasteiger partial charge >= 0.3 is 0 Å². The van der Waals surface area contributed by atoms with Gasteiger partial charge in [0.05, 0.1) is 13.2 Å². The molecule has 0 aliphatic carbocycles. The lowest BCUT2D eigenvalue weighted by Gasteiger charge is -1.79. The molecule has 7 heavy (non-hydrogen) atoms. The smallest absolute Gasteiger partial charge is 0.277 e. The summed E-state index contributed by atoms with van der Waals surface area (Å²) in [6, 6.07) is 0. The lowest BCUT2D eigenvalue weighted by molar-refractivity contribution is -0.00000135. The van der Waals surface area contributed by atoms with Crippen LogP contribution in [0.4, 0.5) is 0 Å². The van der Waals surface area contributed by atoms with Crippen LogP contribution in [0.5, 0.6) is 0 Å². The molecule has 0 saturated carbocycles. The van der Waals surface area contributed by atoms with E-state index in [-0.39, 0.29) is 12.4 Å². The summed E-state index contributed by atoms with van der Waals surface area (Å²) in [6.07, 6.45) is 5.53. The molecule has 0 N–H and O–H groups in total. The van der Waals surface area contributed by atoms with E-state index in [4.69, 9.17) is 0 Å². The summed E-state index contributed by atoms with van der Waals surface area (Å²) in [6.45, 7) is 0. The highest BCUT2D eigenvalue weighted by molar-refractivity contribution is 5.71. The lowest BCUT2D eigenvalue weighted by atomic mass is 10.7. The number of hydrazone groups is 1. The third-order valence-electron chi connectivity index (χ3n) is 0.637. The van der Waals surface area contributed by atoms with Gasteiger partial charge in [0.25, 0.3) is 6.21 Å². The van der Waals surface area contributed by atoms with Crippen LogP contribution in [0.1, 0.15) is 0 Å². The molecular formula is C4H6ClN2. The van der Waals surface area contributed by atoms with Crippen LogP contribution in [0.2, 0.25) is 0 Å². The van der Waals surface area contributed by atoms with Gasteiger partial charge in [0.1, 0.15) is 0 Å². The summed E-state index contributed by atoms with van der Waals surface area (Å²) in [7, 11) is 1.89. The second-order valence-electron chi connectivity index (χ2n) is 1.18. The molecule has 0 saturated heterocycles. The quantitative estimate of drug-likeness (QED) is 0.326. The molecule has 0 aromatic heterocycles. The fourth-order valence-electron chi connectivity index (χ4n) is 0.345. The van der Waals surface area contributed by atoms with E-state index in [2.05, 4.69) is 5.10 Å². The Labute approximate surface area is 48.9 Å². The van der Waals surface area contributed by atoms with Crippen molar-refractivity contribution in [1.29, 1.82) is 0 Å². The van der Waals surface area contributed by atoms with Gasteiger partial charge in [0.2, 0.25) is 0 Å². The maximum Gasteiger partial charge on any atom is 0.277 e. The second kappa shape index (κ2) is 2.64. The lowest BCUT2D eigenvalue weighted by Crippen LogP contribution is -3.00. The van der Waals surface area contributed by atoms with Crippen molar-refractivity contribution in [2.24, 2.45) is 0 Å². The van der Waals surface area contributed by atoms with E-state index >= 15 is 0 Å². The Morgan fingerprint density at radius 1 is 1.57 bits per heavy atom. The SMILES string of the molecule is CN1C=CC=[N+]1.[Cl-]. The summed E-state index contributed by atoms with van der Waals surface area (Å²) in [5.74, 6) is 0. The molecule has 0 aromatic rings. The first-order valence-electron chi connectivity index (χ1n) is 1.83. The van der Waals surface area contributed by atoms with Crippen LogP contribution < -0.4 is 17.5 Å². The Morgan fingerprint density at radius 2 is 2.29 bits per heavy atom. The van der Waals surface area contributed by atoms with E-state index in [1.54, 1.807) is 11.2 Å². The number of halogens is 1. The first kappa shape index (κ1) is 6.50. The topological polar surface area (TPSA) is 17.3 Å². The van der Waals surface area contributed by atoms with Crippen molar-refractivity contribution in [2.75, 3.05) is 7.05 Å². The maximum absolute atomic E-state index is 3.83. The third-order valence-corrected chi connectivity index (χ3v) is 0.637. The van der Waals surface area contributed by atoms with Gasteiger partial charge < -0.3 is 12.4 Å². The van der Waals surface area contributed by atoms with Crippen molar-refractivity contribution in [3.05, 3.63) is 12.3 Å². The van der Waals surface area contributed by atoms with Crippen LogP contribution in [0, 0.1) is 0 Å². The van der Waals surface area contributed by atoms with Crippen molar-refractivity contribution in [3.63, 3.8) is 0 Å². The van der Waals surface area contributed by atoms with Gasteiger partial charge in [0, 0.05) is 6.08 Å². The predicted molar refractivity (Wildman–Crippen MR) is 25.1 cm³/mol. The summed E-state index contributed by atoms with van der Waals surface area (Å²) >= 11 is 0. The van der Waals surface area contributed by atoms with Crippen LogP contribution in [0.25, 0.3) is 0 Å². The van der Waals surface area contributed by atoms with Crippen molar-refractivity contribution in [1.82, 2.24) is 10.1 Å². The molecule has 2 nitrogen and oxygen atoms in total. The number of hydrogen-bond acceptors (Lipinski definition) is 2. The molecule has 0 aromatic carbocycles. The van der Waals surface area contributed by atoms with Gasteiger partial charge in [-0.25, -0.2) is 0 Å². The first-order valence-corrected chi connectivity index (χ1v) is 1.83. The van der Waals surface area contributed by atoms with Crippen molar-refractivity contribution in [3.8, 4) is 0 Å². The normalized spacial score (nSPS) is 14.7. The summed E-state index contributed by atoms with van der Waals surface area (Å²) in [5.41, 5.74) is 0. The monoisotopic (exact) mass is 117 g/mol. The molecule has 1 heterocycles. The van der Waals surface area contributed by atoms with E-state index in [0.29, 0.717) is 0 Å². The second-order valence-corrected chi connectivity index (χ2v) is 1.18. The van der Waals surface area contributed by atoms with Crippen LogP contribution in [-0.4, -0.2) is 18.3 Å². The number of hydrogen-bond donors (Lipinski definition) is 0. The highest BCUT2D eigenvalue weighted by atomic mass is 35.5. The summed E-state index contributed by atoms with van der Waals surface area (Å²) in [5, 5.41) is 5.58. The fraction of sp³-hybridized carbons (Fsp3) is 0.250. The Balaban J connectivity index is 0.000000360. The zero-order valence-corrected chi connectivity index (χ0v) is 4.76. The minimum Gasteiger partial charge on any atom is -1.00 e. The zero-order valence-electron chi connectivity index (χ0n) is 4.00. The minimum atomic E-state index is 0. The minimum absolute atomic E-state index is 0. The van der Waals surface area contributed by atoms with Gasteiger partial charge in [-0.1, -0.05) is 5.01 Å². The number of rotatable bonds is 0.